The molecule has 0 aromatic heterocycles. The van der Waals surface area contributed by atoms with Gasteiger partial charge < -0.3 is 9.84 Å². The van der Waals surface area contributed by atoms with Crippen molar-refractivity contribution in [2.24, 2.45) is 0 Å². The predicted octanol–water partition coefficient (Wildman–Crippen LogP) is 5.04. The van der Waals surface area contributed by atoms with Gasteiger partial charge in [-0.15, -0.1) is 0 Å². The van der Waals surface area contributed by atoms with Gasteiger partial charge in [-0.2, -0.15) is 0 Å². The van der Waals surface area contributed by atoms with Crippen LogP contribution in [0.2, 0.25) is 0 Å². The number of carboxylic acid groups (broad SMARTS) is 1. The zero-order chi connectivity index (χ0) is 17.2. The Kier molecular flexibility index (Phi) is 4.79. The van der Waals surface area contributed by atoms with Gasteiger partial charge in [-0.25, -0.2) is 9.59 Å². The van der Waals surface area contributed by atoms with Gasteiger partial charge in [0.25, 0.3) is 0 Å². The summed E-state index contributed by atoms with van der Waals surface area (Å²) in [5.41, 5.74) is -0.0252. The van der Waals surface area contributed by atoms with Crippen LogP contribution in [0.25, 0.3) is 10.8 Å². The molecule has 0 atom stereocenters. The summed E-state index contributed by atoms with van der Waals surface area (Å²) in [6.07, 6.45) is -1.87. The number of ether oxygens (including phenoxy) is 1. The summed E-state index contributed by atoms with van der Waals surface area (Å²) in [6.45, 7) is 5.26. The number of benzene rings is 2. The molecule has 0 saturated heterocycles. The Bertz CT molecular complexity index is 768. The van der Waals surface area contributed by atoms with Crippen LogP contribution in [0.15, 0.2) is 34.8 Å². The zero-order valence-electron chi connectivity index (χ0n) is 12.9. The first-order valence-electron chi connectivity index (χ1n) is 6.88. The minimum absolute atomic E-state index is 0.276. The Morgan fingerprint density at radius 2 is 1.83 bits per heavy atom. The van der Waals surface area contributed by atoms with Crippen molar-refractivity contribution < 1.29 is 19.4 Å². The fourth-order valence-electron chi connectivity index (χ4n) is 2.06. The highest BCUT2D eigenvalue weighted by Gasteiger charge is 2.19. The summed E-state index contributed by atoms with van der Waals surface area (Å²) in [7, 11) is 0. The first-order valence-corrected chi connectivity index (χ1v) is 7.67. The van der Waals surface area contributed by atoms with Crippen molar-refractivity contribution >= 4 is 50.3 Å². The first kappa shape index (κ1) is 17.1. The van der Waals surface area contributed by atoms with E-state index in [1.54, 1.807) is 39.0 Å². The number of carbonyl (C=O) groups is 2. The van der Waals surface area contributed by atoms with Crippen molar-refractivity contribution in [2.75, 3.05) is 10.6 Å². The molecule has 0 spiro atoms. The molecule has 2 aromatic carbocycles. The normalized spacial score (nSPS) is 11.1. The Hall–Kier alpha value is -2.28. The van der Waals surface area contributed by atoms with E-state index in [1.165, 1.54) is 0 Å². The molecule has 2 aromatic rings. The van der Waals surface area contributed by atoms with Crippen LogP contribution in [-0.4, -0.2) is 22.9 Å². The molecule has 0 aliphatic carbocycles. The molecule has 2 amide bonds. The average molecular weight is 381 g/mol. The number of rotatable bonds is 2. The minimum Gasteiger partial charge on any atom is -0.465 e. The van der Waals surface area contributed by atoms with Crippen molar-refractivity contribution in [3.05, 3.63) is 34.8 Å². The lowest BCUT2D eigenvalue weighted by molar-refractivity contribution is 0.0636. The lowest BCUT2D eigenvalue weighted by Gasteiger charge is -2.21. The summed E-state index contributed by atoms with van der Waals surface area (Å²) in [6, 6.07) is 8.84. The molecule has 0 radical (unpaired) electrons. The van der Waals surface area contributed by atoms with E-state index < -0.39 is 17.8 Å². The van der Waals surface area contributed by atoms with Gasteiger partial charge in [0.1, 0.15) is 5.60 Å². The third-order valence-corrected chi connectivity index (χ3v) is 3.34. The van der Waals surface area contributed by atoms with Gasteiger partial charge in [0.2, 0.25) is 0 Å². The Morgan fingerprint density at radius 3 is 2.43 bits per heavy atom. The van der Waals surface area contributed by atoms with Crippen molar-refractivity contribution in [3.8, 4) is 0 Å². The maximum absolute atomic E-state index is 12.1. The summed E-state index contributed by atoms with van der Waals surface area (Å²) in [5, 5.41) is 15.4. The molecule has 0 heterocycles. The maximum Gasteiger partial charge on any atom is 0.412 e. The van der Waals surface area contributed by atoms with E-state index in [4.69, 9.17) is 9.84 Å². The molecular formula is C16H17BrN2O4. The van der Waals surface area contributed by atoms with Gasteiger partial charge in [-0.05, 0) is 44.4 Å². The molecule has 6 nitrogen and oxygen atoms in total. The van der Waals surface area contributed by atoms with E-state index in [1.807, 2.05) is 12.1 Å². The van der Waals surface area contributed by atoms with Crippen LogP contribution in [0.3, 0.4) is 0 Å². The zero-order valence-corrected chi connectivity index (χ0v) is 14.5. The third kappa shape index (κ3) is 4.59. The van der Waals surface area contributed by atoms with Gasteiger partial charge in [0.05, 0.1) is 11.4 Å². The standard InChI is InChI=1S/C16H17BrN2O4/c1-16(2,3)23-15(22)19-13-11-6-5-10(17)8-9(11)4-7-12(13)18-14(20)21/h4-8,18H,1-3H3,(H,19,22)(H,20,21). The van der Waals surface area contributed by atoms with Crippen LogP contribution in [0.5, 0.6) is 0 Å². The first-order chi connectivity index (χ1) is 10.7. The lowest BCUT2D eigenvalue weighted by Crippen LogP contribution is -2.27. The second-order valence-electron chi connectivity index (χ2n) is 5.91. The molecule has 0 saturated carbocycles. The topological polar surface area (TPSA) is 87.7 Å². The van der Waals surface area contributed by atoms with Gasteiger partial charge in [0, 0.05) is 9.86 Å². The highest BCUT2D eigenvalue weighted by Crippen LogP contribution is 2.33. The SMILES string of the molecule is CC(C)(C)OC(=O)Nc1c(NC(=O)O)ccc2cc(Br)ccc12. The quantitative estimate of drug-likeness (QED) is 0.680. The average Bonchev–Trinajstić information content (AvgIpc) is 2.38. The van der Waals surface area contributed by atoms with Gasteiger partial charge in [-0.3, -0.25) is 10.6 Å². The largest absolute Gasteiger partial charge is 0.465 e. The molecule has 7 heteroatoms. The van der Waals surface area contributed by atoms with Gasteiger partial charge in [-0.1, -0.05) is 28.1 Å². The smallest absolute Gasteiger partial charge is 0.412 e. The molecule has 0 aliphatic heterocycles. The summed E-state index contributed by atoms with van der Waals surface area (Å²) in [4.78, 5) is 23.0. The van der Waals surface area contributed by atoms with Crippen LogP contribution in [-0.2, 0) is 4.74 Å². The molecule has 0 bridgehead atoms. The summed E-state index contributed by atoms with van der Waals surface area (Å²) < 4.78 is 6.12. The number of carbonyl (C=O) groups excluding carboxylic acids is 1. The molecule has 122 valence electrons. The number of amides is 2. The second-order valence-corrected chi connectivity index (χ2v) is 6.83. The number of fused-ring (bicyclic) bond motifs is 1. The van der Waals surface area contributed by atoms with E-state index >= 15 is 0 Å². The number of hydrogen-bond acceptors (Lipinski definition) is 3. The third-order valence-electron chi connectivity index (χ3n) is 2.85. The monoisotopic (exact) mass is 380 g/mol. The van der Waals surface area contributed by atoms with E-state index in [9.17, 15) is 9.59 Å². The van der Waals surface area contributed by atoms with Crippen LogP contribution < -0.4 is 10.6 Å². The summed E-state index contributed by atoms with van der Waals surface area (Å²) >= 11 is 3.38. The lowest BCUT2D eigenvalue weighted by atomic mass is 10.1. The maximum atomic E-state index is 12.1. The summed E-state index contributed by atoms with van der Waals surface area (Å²) in [5.74, 6) is 0. The van der Waals surface area contributed by atoms with Gasteiger partial charge >= 0.3 is 12.2 Å². The molecule has 2 rings (SSSR count). The number of hydrogen-bond donors (Lipinski definition) is 3. The van der Waals surface area contributed by atoms with Gasteiger partial charge in [0.15, 0.2) is 0 Å². The molecular weight excluding hydrogens is 364 g/mol. The van der Waals surface area contributed by atoms with Crippen LogP contribution in [0.4, 0.5) is 21.0 Å². The predicted molar refractivity (Wildman–Crippen MR) is 93.2 cm³/mol. The van der Waals surface area contributed by atoms with Crippen molar-refractivity contribution in [2.45, 2.75) is 26.4 Å². The number of anilines is 2. The van der Waals surface area contributed by atoms with Crippen LogP contribution in [0, 0.1) is 0 Å². The van der Waals surface area contributed by atoms with E-state index in [0.717, 1.165) is 9.86 Å². The fraction of sp³-hybridized carbons (Fsp3) is 0.250. The molecule has 23 heavy (non-hydrogen) atoms. The molecule has 3 N–H and O–H groups in total. The van der Waals surface area contributed by atoms with Crippen molar-refractivity contribution in [1.82, 2.24) is 0 Å². The molecule has 0 fully saturated rings. The fourth-order valence-corrected chi connectivity index (χ4v) is 2.44. The highest BCUT2D eigenvalue weighted by atomic mass is 79.9. The Morgan fingerprint density at radius 1 is 1.13 bits per heavy atom. The Labute approximate surface area is 142 Å². The molecule has 0 aliphatic rings. The van der Waals surface area contributed by atoms with Crippen molar-refractivity contribution in [3.63, 3.8) is 0 Å². The molecule has 0 unspecified atom stereocenters. The Balaban J connectivity index is 2.48. The highest BCUT2D eigenvalue weighted by molar-refractivity contribution is 9.10. The van der Waals surface area contributed by atoms with E-state index in [0.29, 0.717) is 11.1 Å². The number of nitrogens with one attached hydrogen (secondary N) is 2. The van der Waals surface area contributed by atoms with E-state index in [-0.39, 0.29) is 5.69 Å². The van der Waals surface area contributed by atoms with Crippen LogP contribution in [0.1, 0.15) is 20.8 Å². The minimum atomic E-state index is -1.21. The second kappa shape index (κ2) is 6.45. The van der Waals surface area contributed by atoms with E-state index in [2.05, 4.69) is 26.6 Å². The van der Waals surface area contributed by atoms with Crippen LogP contribution >= 0.6 is 15.9 Å². The number of halogens is 1. The van der Waals surface area contributed by atoms with Crippen molar-refractivity contribution in [1.29, 1.82) is 0 Å².